The van der Waals surface area contributed by atoms with Gasteiger partial charge in [0.15, 0.2) is 0 Å². The predicted molar refractivity (Wildman–Crippen MR) is 51.7 cm³/mol. The molecule has 4 unspecified atom stereocenters. The zero-order valence-corrected chi connectivity index (χ0v) is 9.27. The molecule has 0 aliphatic carbocycles. The minimum absolute atomic E-state index is 1.38. The van der Waals surface area contributed by atoms with Gasteiger partial charge in [0.2, 0.25) is 0 Å². The van der Waals surface area contributed by atoms with Gasteiger partial charge in [-0.25, -0.2) is 0 Å². The molecule has 4 atom stereocenters. The zero-order chi connectivity index (χ0) is 5.45. The molecule has 0 fully saturated rings. The van der Waals surface area contributed by atoms with Gasteiger partial charge in [0.1, 0.15) is 0 Å². The van der Waals surface area contributed by atoms with Gasteiger partial charge >= 0.3 is 47.7 Å². The van der Waals surface area contributed by atoms with Crippen molar-refractivity contribution in [2.75, 3.05) is 6.66 Å². The van der Waals surface area contributed by atoms with Crippen LogP contribution in [0.25, 0.3) is 0 Å². The van der Waals surface area contributed by atoms with Gasteiger partial charge in [0.25, 0.3) is 0 Å². The van der Waals surface area contributed by atoms with Gasteiger partial charge in [-0.05, 0) is 0 Å². The van der Waals surface area contributed by atoms with Crippen molar-refractivity contribution >= 4 is 41.1 Å². The molecule has 0 aromatic carbocycles. The molecule has 40 valence electrons. The van der Waals surface area contributed by atoms with E-state index in [9.17, 15) is 0 Å². The number of hydrogen-bond donors (Lipinski definition) is 0. The Morgan fingerprint density at radius 2 is 1.00 bits per heavy atom. The Bertz CT molecular complexity index is 37.1. The molecule has 0 aromatic heterocycles. The van der Waals surface area contributed by atoms with Crippen LogP contribution in [0.15, 0.2) is 0 Å². The summed E-state index contributed by atoms with van der Waals surface area (Å²) >= 11 is 0. The summed E-state index contributed by atoms with van der Waals surface area (Å²) in [6.45, 7) is 2.19. The average molecular weight is 178 g/mol. The summed E-state index contributed by atoms with van der Waals surface area (Å²) in [5.74, 6) is 0. The maximum absolute atomic E-state index is 2.79. The Balaban J connectivity index is 3.73. The van der Waals surface area contributed by atoms with E-state index in [1.807, 2.05) is 0 Å². The molecule has 0 saturated carbocycles. The van der Waals surface area contributed by atoms with Gasteiger partial charge in [0, 0.05) is 0 Å². The summed E-state index contributed by atoms with van der Waals surface area (Å²) in [4.78, 5) is 0. The second kappa shape index (κ2) is 1.83. The molecule has 0 N–H and O–H groups in total. The molecule has 0 amide bonds. The van der Waals surface area contributed by atoms with Crippen LogP contribution < -0.4 is 0 Å². The third-order valence-electron chi connectivity index (χ3n) is 0. The third-order valence-corrected chi connectivity index (χ3v) is 0. The van der Waals surface area contributed by atoms with Crippen LogP contribution in [0.4, 0.5) is 0 Å². The van der Waals surface area contributed by atoms with Crippen LogP contribution >= 0.6 is 41.1 Å². The van der Waals surface area contributed by atoms with Crippen molar-refractivity contribution < 1.29 is 0 Å². The van der Waals surface area contributed by atoms with E-state index in [2.05, 4.69) is 42.4 Å². The van der Waals surface area contributed by atoms with Gasteiger partial charge in [-0.3, -0.25) is 0 Å². The fraction of sp³-hybridized carbons (Fsp3) is 1.00. The van der Waals surface area contributed by atoms with E-state index < -0.39 is 5.36 Å². The van der Waals surface area contributed by atoms with Crippen molar-refractivity contribution in [3.63, 3.8) is 0 Å². The van der Waals surface area contributed by atoms with Gasteiger partial charge in [-0.2, -0.15) is 0 Å². The Hall–Kier alpha value is 2.15. The van der Waals surface area contributed by atoms with Gasteiger partial charge in [-0.1, -0.05) is 0 Å². The minimum atomic E-state index is -1.38. The van der Waals surface area contributed by atoms with Gasteiger partial charge in [0.05, 0.1) is 0 Å². The zero-order valence-electron chi connectivity index (χ0n) is 3.76. The van der Waals surface area contributed by atoms with Crippen molar-refractivity contribution in [2.45, 2.75) is 0 Å². The summed E-state index contributed by atoms with van der Waals surface area (Å²) in [5.41, 5.74) is 0. The van der Waals surface area contributed by atoms with Crippen LogP contribution in [-0.4, -0.2) is 6.66 Å². The van der Waals surface area contributed by atoms with E-state index in [-0.39, 0.29) is 0 Å². The van der Waals surface area contributed by atoms with Crippen LogP contribution in [0.1, 0.15) is 0 Å². The van der Waals surface area contributed by atoms with E-state index in [1.54, 1.807) is 0 Å². The first kappa shape index (κ1) is 8.15. The summed E-state index contributed by atoms with van der Waals surface area (Å²) in [6, 6.07) is 0. The molecule has 0 aromatic rings. The van der Waals surface area contributed by atoms with Crippen LogP contribution in [0.2, 0.25) is 0 Å². The molecule has 0 bridgehead atoms. The third kappa shape index (κ3) is 35.3. The molecule has 0 radical (unpaired) electrons. The molecule has 0 nitrogen and oxygen atoms in total. The Labute approximate surface area is 48.3 Å². The first-order valence-corrected chi connectivity index (χ1v) is 10.6. The number of hydrogen-bond acceptors (Lipinski definition) is 0. The first-order valence-electron chi connectivity index (χ1n) is 1.48. The summed E-state index contributed by atoms with van der Waals surface area (Å²) in [5, 5.41) is -1.38. The van der Waals surface area contributed by atoms with Crippen molar-refractivity contribution in [1.82, 2.24) is 0 Å². The quantitative estimate of drug-likeness (QED) is 0.499. The van der Waals surface area contributed by atoms with E-state index in [1.165, 1.54) is 0 Å². The van der Waals surface area contributed by atoms with Crippen molar-refractivity contribution in [3.8, 4) is 0 Å². The van der Waals surface area contributed by atoms with Gasteiger partial charge < -0.3 is 0 Å². The van der Waals surface area contributed by atoms with E-state index in [0.29, 0.717) is 0 Å². The summed E-state index contributed by atoms with van der Waals surface area (Å²) in [6.07, 6.45) is 0. The second-order valence-corrected chi connectivity index (χ2v) is 33.4. The molecule has 0 aliphatic rings. The Morgan fingerprint density at radius 1 is 1.00 bits per heavy atom. The van der Waals surface area contributed by atoms with Crippen LogP contribution in [0.3, 0.4) is 0 Å². The molecule has 6 heavy (non-hydrogen) atoms. The molecule has 0 heterocycles. The number of rotatable bonds is 0. The molecule has 0 saturated heterocycles. The Kier molecular flexibility index (Phi) is 2.49. The van der Waals surface area contributed by atoms with Gasteiger partial charge in [-0.15, -0.1) is 0 Å². The molecular weight excluding hydrogens is 167 g/mol. The maximum atomic E-state index is 2.79. The van der Waals surface area contributed by atoms with E-state index in [4.69, 9.17) is 0 Å². The monoisotopic (exact) mass is 178 g/mol. The van der Waals surface area contributed by atoms with Crippen molar-refractivity contribution in [2.24, 2.45) is 0 Å². The Morgan fingerprint density at radius 3 is 1.00 bits per heavy atom. The summed E-state index contributed by atoms with van der Waals surface area (Å²) in [7, 11) is 11.2. The first-order chi connectivity index (χ1) is 2.24. The van der Waals surface area contributed by atoms with E-state index >= 15 is 0 Å². The normalized spacial score (nSPS) is 19.2. The fourth-order valence-electron chi connectivity index (χ4n) is 0. The van der Waals surface area contributed by atoms with E-state index in [0.717, 1.165) is 0 Å². The summed E-state index contributed by atoms with van der Waals surface area (Å²) < 4.78 is 0. The molecular formula is CH11P5. The van der Waals surface area contributed by atoms with Crippen molar-refractivity contribution in [3.05, 3.63) is 0 Å². The fourth-order valence-corrected chi connectivity index (χ4v) is 0. The van der Waals surface area contributed by atoms with Crippen molar-refractivity contribution in [1.29, 1.82) is 0 Å². The second-order valence-electron chi connectivity index (χ2n) is 1.93. The van der Waals surface area contributed by atoms with Crippen LogP contribution in [-0.2, 0) is 0 Å². The van der Waals surface area contributed by atoms with Crippen LogP contribution in [0, 0.1) is 0 Å². The standard InChI is InChI=1S/CH11P5/c1-6(2,3,4)5/h2-5H2,1H3. The molecule has 0 rings (SSSR count). The molecule has 5 heteroatoms. The SMILES string of the molecule is CP(P)(P)(P)P. The average Bonchev–Trinajstić information content (AvgIpc) is 0.650. The topological polar surface area (TPSA) is 0 Å². The molecule has 0 aliphatic heterocycles. The predicted octanol–water partition coefficient (Wildman–Crippen LogP) is 2.33. The van der Waals surface area contributed by atoms with Crippen LogP contribution in [0.5, 0.6) is 0 Å². The molecule has 0 spiro atoms.